The number of aromatic amines is 1. The first-order chi connectivity index (χ1) is 3.93. The Balaban J connectivity index is 2.50. The van der Waals surface area contributed by atoms with Crippen molar-refractivity contribution < 1.29 is 0 Å². The Morgan fingerprint density at radius 1 is 1.75 bits per heavy atom. The third-order valence-electron chi connectivity index (χ3n) is 0.898. The van der Waals surface area contributed by atoms with E-state index in [0.29, 0.717) is 0 Å². The fraction of sp³-hybridized carbons (Fsp3) is 0.167. The number of rotatable bonds is 2. The summed E-state index contributed by atoms with van der Waals surface area (Å²) in [5.74, 6) is 1.03. The molecule has 0 saturated carbocycles. The van der Waals surface area contributed by atoms with Gasteiger partial charge in [0.25, 0.3) is 0 Å². The van der Waals surface area contributed by atoms with E-state index in [1.165, 1.54) is 0 Å². The van der Waals surface area contributed by atoms with E-state index in [1.54, 1.807) is 0 Å². The number of hydrogen-bond acceptors (Lipinski definition) is 1. The van der Waals surface area contributed by atoms with E-state index in [1.807, 2.05) is 31.8 Å². The molecule has 0 aliphatic heterocycles. The summed E-state index contributed by atoms with van der Waals surface area (Å²) in [6.07, 6.45) is 1.88. The lowest BCUT2D eigenvalue weighted by Gasteiger charge is -1.93. The number of nitrogens with one attached hydrogen (secondary N) is 2. The molecular weight excluding hydrogens is 100 g/mol. The number of H-pyrrole nitrogens is 1. The minimum atomic E-state index is 1.03. The molecule has 0 fully saturated rings. The van der Waals surface area contributed by atoms with Crippen molar-refractivity contribution in [2.45, 2.75) is 6.92 Å². The van der Waals surface area contributed by atoms with E-state index in [0.717, 1.165) is 5.82 Å². The lowest BCUT2D eigenvalue weighted by atomic mass is 10.6. The van der Waals surface area contributed by atoms with Crippen molar-refractivity contribution in [3.8, 4) is 0 Å². The summed E-state index contributed by atoms with van der Waals surface area (Å²) in [6.45, 7) is 3.83. The number of anilines is 1. The molecule has 2 N–H and O–H groups in total. The predicted octanol–water partition coefficient (Wildman–Crippen LogP) is 1.61. The molecule has 0 bridgehead atoms. The van der Waals surface area contributed by atoms with Gasteiger partial charge in [-0.25, -0.2) is 0 Å². The SMILES string of the molecule is C[CH]Nc1ccc[nH]1. The topological polar surface area (TPSA) is 27.8 Å². The van der Waals surface area contributed by atoms with Gasteiger partial charge in [-0.1, -0.05) is 0 Å². The largest absolute Gasteiger partial charge is 0.367 e. The lowest BCUT2D eigenvalue weighted by Crippen LogP contribution is -1.88. The van der Waals surface area contributed by atoms with Crippen molar-refractivity contribution in [3.05, 3.63) is 24.9 Å². The molecule has 0 spiro atoms. The second kappa shape index (κ2) is 2.40. The molecule has 1 heterocycles. The average molecular weight is 109 g/mol. The van der Waals surface area contributed by atoms with Gasteiger partial charge in [0.15, 0.2) is 0 Å². The van der Waals surface area contributed by atoms with E-state index in [9.17, 15) is 0 Å². The van der Waals surface area contributed by atoms with Gasteiger partial charge >= 0.3 is 0 Å². The highest BCUT2D eigenvalue weighted by Crippen LogP contribution is 1.99. The zero-order chi connectivity index (χ0) is 5.82. The average Bonchev–Trinajstić information content (AvgIpc) is 2.19. The van der Waals surface area contributed by atoms with Gasteiger partial charge in [-0.05, 0) is 19.1 Å². The van der Waals surface area contributed by atoms with Gasteiger partial charge in [0, 0.05) is 12.7 Å². The van der Waals surface area contributed by atoms with Gasteiger partial charge in [-0.15, -0.1) is 0 Å². The van der Waals surface area contributed by atoms with Crippen LogP contribution in [-0.4, -0.2) is 4.98 Å². The standard InChI is InChI=1S/C6H9N2/c1-2-7-6-4-3-5-8-6/h2-5,7-8H,1H3. The van der Waals surface area contributed by atoms with Crippen molar-refractivity contribution in [1.29, 1.82) is 0 Å². The molecule has 1 radical (unpaired) electrons. The molecule has 0 amide bonds. The van der Waals surface area contributed by atoms with Crippen LogP contribution in [0.4, 0.5) is 5.82 Å². The summed E-state index contributed by atoms with van der Waals surface area (Å²) < 4.78 is 0. The lowest BCUT2D eigenvalue weighted by molar-refractivity contribution is 1.30. The van der Waals surface area contributed by atoms with Gasteiger partial charge < -0.3 is 10.3 Å². The van der Waals surface area contributed by atoms with Gasteiger partial charge in [0.1, 0.15) is 5.82 Å². The van der Waals surface area contributed by atoms with Crippen LogP contribution in [0.2, 0.25) is 0 Å². The molecule has 1 aromatic heterocycles. The summed E-state index contributed by atoms with van der Waals surface area (Å²) in [5, 5.41) is 3.01. The van der Waals surface area contributed by atoms with Crippen LogP contribution in [0.5, 0.6) is 0 Å². The molecule has 43 valence electrons. The fourth-order valence-corrected chi connectivity index (χ4v) is 0.576. The van der Waals surface area contributed by atoms with Crippen molar-refractivity contribution in [2.75, 3.05) is 5.32 Å². The molecule has 2 nitrogen and oxygen atoms in total. The molecule has 1 rings (SSSR count). The van der Waals surface area contributed by atoms with Crippen LogP contribution in [-0.2, 0) is 0 Å². The van der Waals surface area contributed by atoms with Gasteiger partial charge in [-0.3, -0.25) is 0 Å². The Labute approximate surface area is 48.9 Å². The molecular formula is C6H9N2. The molecule has 8 heavy (non-hydrogen) atoms. The summed E-state index contributed by atoms with van der Waals surface area (Å²) >= 11 is 0. The minimum absolute atomic E-state index is 1.03. The van der Waals surface area contributed by atoms with Crippen molar-refractivity contribution in [2.24, 2.45) is 0 Å². The van der Waals surface area contributed by atoms with Crippen LogP contribution in [0.1, 0.15) is 6.92 Å². The summed E-state index contributed by atoms with van der Waals surface area (Å²) in [4.78, 5) is 3.00. The predicted molar refractivity (Wildman–Crippen MR) is 34.4 cm³/mol. The summed E-state index contributed by atoms with van der Waals surface area (Å²) in [5.41, 5.74) is 0. The zero-order valence-corrected chi connectivity index (χ0v) is 4.81. The molecule has 0 atom stereocenters. The molecule has 0 aromatic carbocycles. The van der Waals surface area contributed by atoms with Crippen LogP contribution in [0.25, 0.3) is 0 Å². The number of aromatic nitrogens is 1. The molecule has 0 aliphatic carbocycles. The zero-order valence-electron chi connectivity index (χ0n) is 4.81. The quantitative estimate of drug-likeness (QED) is 0.593. The normalized spacial score (nSPS) is 9.12. The van der Waals surface area contributed by atoms with Crippen LogP contribution < -0.4 is 5.32 Å². The maximum atomic E-state index is 3.01. The van der Waals surface area contributed by atoms with Gasteiger partial charge in [0.2, 0.25) is 0 Å². The first-order valence-electron chi connectivity index (χ1n) is 2.61. The van der Waals surface area contributed by atoms with E-state index >= 15 is 0 Å². The van der Waals surface area contributed by atoms with Crippen LogP contribution in [0.3, 0.4) is 0 Å². The Morgan fingerprint density at radius 2 is 2.62 bits per heavy atom. The molecule has 0 saturated heterocycles. The van der Waals surface area contributed by atoms with Crippen LogP contribution >= 0.6 is 0 Å². The Bertz CT molecular complexity index is 132. The highest BCUT2D eigenvalue weighted by atomic mass is 15.0. The molecule has 0 aliphatic rings. The first kappa shape index (κ1) is 5.22. The summed E-state index contributed by atoms with van der Waals surface area (Å²) in [7, 11) is 0. The highest BCUT2D eigenvalue weighted by molar-refractivity contribution is 5.35. The van der Waals surface area contributed by atoms with E-state index in [-0.39, 0.29) is 0 Å². The first-order valence-corrected chi connectivity index (χ1v) is 2.61. The number of hydrogen-bond donors (Lipinski definition) is 2. The second-order valence-electron chi connectivity index (χ2n) is 1.52. The van der Waals surface area contributed by atoms with Crippen molar-refractivity contribution >= 4 is 5.82 Å². The molecule has 0 unspecified atom stereocenters. The van der Waals surface area contributed by atoms with Crippen molar-refractivity contribution in [3.63, 3.8) is 0 Å². The third-order valence-corrected chi connectivity index (χ3v) is 0.898. The molecule has 1 aromatic rings. The van der Waals surface area contributed by atoms with Gasteiger partial charge in [0.05, 0.1) is 0 Å². The Hall–Kier alpha value is -0.920. The maximum absolute atomic E-state index is 3.01. The summed E-state index contributed by atoms with van der Waals surface area (Å²) in [6, 6.07) is 3.92. The monoisotopic (exact) mass is 109 g/mol. The molecule has 2 heteroatoms. The highest BCUT2D eigenvalue weighted by Gasteiger charge is 1.83. The van der Waals surface area contributed by atoms with Crippen molar-refractivity contribution in [1.82, 2.24) is 4.98 Å². The second-order valence-corrected chi connectivity index (χ2v) is 1.52. The Morgan fingerprint density at radius 3 is 3.12 bits per heavy atom. The maximum Gasteiger partial charge on any atom is 0.103 e. The van der Waals surface area contributed by atoms with E-state index in [2.05, 4.69) is 10.3 Å². The smallest absolute Gasteiger partial charge is 0.103 e. The fourth-order valence-electron chi connectivity index (χ4n) is 0.576. The Kier molecular flexibility index (Phi) is 1.57. The van der Waals surface area contributed by atoms with Gasteiger partial charge in [-0.2, -0.15) is 0 Å². The van der Waals surface area contributed by atoms with Crippen LogP contribution in [0.15, 0.2) is 18.3 Å². The third kappa shape index (κ3) is 1.03. The van der Waals surface area contributed by atoms with E-state index in [4.69, 9.17) is 0 Å². The van der Waals surface area contributed by atoms with E-state index < -0.39 is 0 Å². The minimum Gasteiger partial charge on any atom is -0.367 e. The van der Waals surface area contributed by atoms with Crippen LogP contribution in [0, 0.1) is 6.54 Å².